The molecule has 52 heavy (non-hydrogen) atoms. The Morgan fingerprint density at radius 3 is 2.69 bits per heavy atom. The second kappa shape index (κ2) is 14.1. The Morgan fingerprint density at radius 1 is 1.08 bits per heavy atom. The van der Waals surface area contributed by atoms with Gasteiger partial charge in [0.1, 0.15) is 5.75 Å². The van der Waals surface area contributed by atoms with Crippen LogP contribution in [0.2, 0.25) is 0 Å². The molecule has 0 saturated heterocycles. The predicted octanol–water partition coefficient (Wildman–Crippen LogP) is 6.31. The number of aromatic hydroxyl groups is 1. The molecular formula is C43H44N4O3S2. The number of guanidine groups is 1. The molecule has 3 aliphatic carbocycles. The highest BCUT2D eigenvalue weighted by molar-refractivity contribution is 7.23. The van der Waals surface area contributed by atoms with Crippen LogP contribution in [0.3, 0.4) is 0 Å². The number of aliphatic hydroxyl groups excluding tert-OH is 1. The van der Waals surface area contributed by atoms with Crippen LogP contribution in [0.25, 0.3) is 27.5 Å². The van der Waals surface area contributed by atoms with E-state index in [4.69, 9.17) is 5.73 Å². The van der Waals surface area contributed by atoms with Crippen molar-refractivity contribution in [1.29, 1.82) is 0 Å². The minimum absolute atomic E-state index is 0.00492. The summed E-state index contributed by atoms with van der Waals surface area (Å²) in [4.78, 5) is 23.0. The number of Topliss-reactive ketones (excluding diaryl/α,β-unsaturated/α-hetero) is 1. The van der Waals surface area contributed by atoms with E-state index in [2.05, 4.69) is 82.1 Å². The lowest BCUT2D eigenvalue weighted by molar-refractivity contribution is 0.0757. The third-order valence-electron chi connectivity index (χ3n) is 11.6. The Morgan fingerprint density at radius 2 is 1.88 bits per heavy atom. The van der Waals surface area contributed by atoms with Crippen molar-refractivity contribution in [2.24, 2.45) is 34.4 Å². The maximum atomic E-state index is 14.6. The van der Waals surface area contributed by atoms with E-state index in [0.29, 0.717) is 5.96 Å². The van der Waals surface area contributed by atoms with Gasteiger partial charge in [0, 0.05) is 45.9 Å². The van der Waals surface area contributed by atoms with Gasteiger partial charge in [-0.25, -0.2) is 0 Å². The molecule has 2 fully saturated rings. The molecule has 266 valence electrons. The first kappa shape index (κ1) is 34.5. The van der Waals surface area contributed by atoms with Crippen LogP contribution < -0.4 is 26.8 Å². The molecular weight excluding hydrogens is 685 g/mol. The summed E-state index contributed by atoms with van der Waals surface area (Å²) in [6, 6.07) is 20.6. The van der Waals surface area contributed by atoms with Gasteiger partial charge in [0.15, 0.2) is 11.7 Å². The molecule has 4 aromatic rings. The standard InChI is InChI=1S/C43H44N4O3S2/c1-4-7-26-10-17-37(51-26)38-18-19-39(52-38)42(50)30-13-14-32-40-29(27-9-6-5-8-24(27)20-33(30)40)12-11-28(41(32)47-43(44)45-3)25-21-35-31(36(49)22-25)15-16-34(46-35)23(2)48/h5-6,8-10,15-23,28,30,32-34,40-41,46,48-49H,11-14H2,1-3H3,(H3,44,45,47)/t23-,28+,30+,32-,33+,34-,40+,41-/m0/s1. The molecule has 0 spiro atoms. The van der Waals surface area contributed by atoms with Crippen molar-refractivity contribution < 1.29 is 15.0 Å². The monoisotopic (exact) mass is 728 g/mol. The molecule has 7 nitrogen and oxygen atoms in total. The molecule has 0 bridgehead atoms. The third kappa shape index (κ3) is 6.17. The van der Waals surface area contributed by atoms with Crippen LogP contribution in [0.4, 0.5) is 5.69 Å². The van der Waals surface area contributed by atoms with Crippen molar-refractivity contribution in [2.45, 2.75) is 63.6 Å². The number of nitrogens with one attached hydrogen (secondary N) is 2. The smallest absolute Gasteiger partial charge is 0.188 e. The Balaban J connectivity index is 1.19. The number of aliphatic imine (C=N–C) groups is 1. The van der Waals surface area contributed by atoms with Crippen LogP contribution in [0.15, 0.2) is 71.7 Å². The van der Waals surface area contributed by atoms with Gasteiger partial charge in [-0.05, 0) is 110 Å². The van der Waals surface area contributed by atoms with Gasteiger partial charge >= 0.3 is 0 Å². The number of hydrogen-bond acceptors (Lipinski definition) is 7. The number of carbonyl (C=O) groups excluding carboxylic acids is 1. The first-order valence-corrected chi connectivity index (χ1v) is 19.8. The van der Waals surface area contributed by atoms with Crippen LogP contribution in [-0.2, 0) is 0 Å². The molecule has 2 saturated carbocycles. The van der Waals surface area contributed by atoms with Crippen LogP contribution in [-0.4, -0.2) is 47.2 Å². The molecule has 8 rings (SSSR count). The first-order chi connectivity index (χ1) is 25.2. The minimum atomic E-state index is -0.585. The van der Waals surface area contributed by atoms with Gasteiger partial charge < -0.3 is 26.6 Å². The second-order valence-electron chi connectivity index (χ2n) is 14.5. The largest absolute Gasteiger partial charge is 0.507 e. The quantitative estimate of drug-likeness (QED) is 0.0688. The van der Waals surface area contributed by atoms with Gasteiger partial charge in [0.2, 0.25) is 0 Å². The third-order valence-corrected chi connectivity index (χ3v) is 13.9. The summed E-state index contributed by atoms with van der Waals surface area (Å²) in [6.07, 6.45) is 8.91. The molecule has 3 heterocycles. The molecule has 0 amide bonds. The van der Waals surface area contributed by atoms with Gasteiger partial charge in [-0.3, -0.25) is 9.79 Å². The van der Waals surface area contributed by atoms with Crippen molar-refractivity contribution in [1.82, 2.24) is 5.32 Å². The molecule has 2 aromatic carbocycles. The SMILES string of the molecule is CC#Cc1ccc(-c2ccc(C(=O)[C@@H]3CC[C@@H]4[C@@H](NC(N)=NC)[C@@H](c5cc(O)c6c(c5)N[C@H]([C@H](C)O)C=C6)CCC5=c6ccccc6=C[C@H]3[C@H]54)s2)s1. The van der Waals surface area contributed by atoms with Crippen LogP contribution in [0.1, 0.15) is 71.1 Å². The van der Waals surface area contributed by atoms with Crippen LogP contribution in [0, 0.1) is 35.5 Å². The van der Waals surface area contributed by atoms with E-state index >= 15 is 0 Å². The summed E-state index contributed by atoms with van der Waals surface area (Å²) in [5.41, 5.74) is 10.5. The van der Waals surface area contributed by atoms with Crippen molar-refractivity contribution in [3.63, 3.8) is 0 Å². The molecule has 2 aromatic heterocycles. The van der Waals surface area contributed by atoms with E-state index in [1.165, 1.54) is 16.0 Å². The van der Waals surface area contributed by atoms with Gasteiger partial charge in [0.05, 0.1) is 21.9 Å². The van der Waals surface area contributed by atoms with Crippen molar-refractivity contribution in [2.75, 3.05) is 12.4 Å². The van der Waals surface area contributed by atoms with Crippen LogP contribution in [0.5, 0.6) is 5.75 Å². The van der Waals surface area contributed by atoms with E-state index in [1.54, 1.807) is 36.6 Å². The Labute approximate surface area is 312 Å². The highest BCUT2D eigenvalue weighted by atomic mass is 32.1. The second-order valence-corrected chi connectivity index (χ2v) is 16.7. The van der Waals surface area contributed by atoms with Gasteiger partial charge in [0.25, 0.3) is 0 Å². The summed E-state index contributed by atoms with van der Waals surface area (Å²) in [5.74, 6) is 7.16. The number of hydrogen-bond donors (Lipinski definition) is 5. The number of anilines is 1. The molecule has 6 N–H and O–H groups in total. The normalized spacial score (nSPS) is 26.7. The molecule has 8 atom stereocenters. The van der Waals surface area contributed by atoms with Gasteiger partial charge in [-0.1, -0.05) is 54.0 Å². The fraction of sp³-hybridized carbons (Fsp3) is 0.349. The molecule has 1 aliphatic heterocycles. The van der Waals surface area contributed by atoms with Crippen molar-refractivity contribution in [3.05, 3.63) is 98.1 Å². The first-order valence-electron chi connectivity index (χ1n) is 18.2. The maximum Gasteiger partial charge on any atom is 0.188 e. The average molecular weight is 729 g/mol. The number of thiophene rings is 2. The number of fused-ring (bicyclic) bond motifs is 2. The highest BCUT2D eigenvalue weighted by Crippen LogP contribution is 2.54. The lowest BCUT2D eigenvalue weighted by atomic mass is 9.59. The zero-order chi connectivity index (χ0) is 36.1. The Kier molecular flexibility index (Phi) is 9.33. The topological polar surface area (TPSA) is 120 Å². The van der Waals surface area contributed by atoms with E-state index in [9.17, 15) is 15.0 Å². The Hall–Kier alpha value is -4.62. The van der Waals surface area contributed by atoms with Crippen molar-refractivity contribution >= 4 is 57.8 Å². The summed E-state index contributed by atoms with van der Waals surface area (Å²) < 4.78 is 0. The number of ketones is 1. The number of benzene rings is 2. The van der Waals surface area contributed by atoms with E-state index < -0.39 is 6.10 Å². The summed E-state index contributed by atoms with van der Waals surface area (Å²) in [6.45, 7) is 3.61. The van der Waals surface area contributed by atoms with E-state index in [-0.39, 0.29) is 53.2 Å². The predicted molar refractivity (Wildman–Crippen MR) is 214 cm³/mol. The van der Waals surface area contributed by atoms with Gasteiger partial charge in [-0.15, -0.1) is 28.6 Å². The Bertz CT molecular complexity index is 2290. The average Bonchev–Trinajstić information content (AvgIpc) is 3.80. The summed E-state index contributed by atoms with van der Waals surface area (Å²) in [5, 5.41) is 31.3. The maximum absolute atomic E-state index is 14.6. The lowest BCUT2D eigenvalue weighted by Crippen LogP contribution is -2.53. The minimum Gasteiger partial charge on any atom is -0.507 e. The lowest BCUT2D eigenvalue weighted by Gasteiger charge is -2.47. The van der Waals surface area contributed by atoms with Gasteiger partial charge in [-0.2, -0.15) is 0 Å². The summed E-state index contributed by atoms with van der Waals surface area (Å²) in [7, 11) is 1.70. The number of phenolic OH excluding ortho intramolecular Hbond substituents is 1. The number of rotatable bonds is 6. The molecule has 4 aliphatic rings. The molecule has 0 radical (unpaired) electrons. The van der Waals surface area contributed by atoms with E-state index in [1.807, 2.05) is 31.2 Å². The van der Waals surface area contributed by atoms with Crippen molar-refractivity contribution in [3.8, 4) is 27.3 Å². The van der Waals surface area contributed by atoms with Crippen LogP contribution >= 0.6 is 22.7 Å². The number of phenols is 1. The number of aliphatic hydroxyl groups is 1. The number of nitrogens with zero attached hydrogens (tertiary/aromatic N) is 1. The zero-order valence-electron chi connectivity index (χ0n) is 29.6. The fourth-order valence-corrected chi connectivity index (χ4v) is 11.3. The molecule has 0 unspecified atom stereocenters. The fourth-order valence-electron chi connectivity index (χ4n) is 9.25. The van der Waals surface area contributed by atoms with E-state index in [0.717, 1.165) is 62.0 Å². The zero-order valence-corrected chi connectivity index (χ0v) is 31.2. The highest BCUT2D eigenvalue weighted by Gasteiger charge is 2.50. The molecule has 9 heteroatoms. The number of carbonyl (C=O) groups is 1. The number of nitrogens with two attached hydrogens (primary N) is 1. The summed E-state index contributed by atoms with van der Waals surface area (Å²) >= 11 is 3.26.